The number of amides is 3. The standard InChI is InChI=1S/C19H25N7O3.C2HF3O2/c1-23(2)17(27)24-9-6-19(7-10-24)13-25(18(28)29-3)12-15-21-22-16(26(15)19)14-5-4-8-20-11-14;3-2(4,5)1(6)7/h4-5,8,11H,6-7,9-10,12-13H2,1-3H3;(H,6,7). The van der Waals surface area contributed by atoms with Gasteiger partial charge in [-0.3, -0.25) is 9.88 Å². The van der Waals surface area contributed by atoms with E-state index in [1.807, 2.05) is 17.0 Å². The number of carbonyl (C=O) groups is 3. The quantitative estimate of drug-likeness (QED) is 0.612. The Morgan fingerprint density at radius 2 is 1.78 bits per heavy atom. The maximum Gasteiger partial charge on any atom is 0.490 e. The third-order valence-corrected chi connectivity index (χ3v) is 5.96. The fraction of sp³-hybridized carbons (Fsp3) is 0.524. The molecule has 196 valence electrons. The zero-order valence-corrected chi connectivity index (χ0v) is 19.9. The van der Waals surface area contributed by atoms with Gasteiger partial charge in [-0.15, -0.1) is 10.2 Å². The maximum absolute atomic E-state index is 12.4. The van der Waals surface area contributed by atoms with Crippen molar-refractivity contribution in [2.45, 2.75) is 31.1 Å². The van der Waals surface area contributed by atoms with E-state index in [4.69, 9.17) is 14.6 Å². The second-order valence-corrected chi connectivity index (χ2v) is 8.53. The smallest absolute Gasteiger partial charge is 0.475 e. The van der Waals surface area contributed by atoms with Crippen LogP contribution in [-0.2, 0) is 21.6 Å². The van der Waals surface area contributed by atoms with Crippen molar-refractivity contribution in [1.29, 1.82) is 0 Å². The van der Waals surface area contributed by atoms with E-state index in [1.54, 1.807) is 36.3 Å². The van der Waals surface area contributed by atoms with Crippen LogP contribution in [0.1, 0.15) is 18.7 Å². The monoisotopic (exact) mass is 513 g/mol. The molecule has 0 atom stereocenters. The molecular weight excluding hydrogens is 487 g/mol. The first kappa shape index (κ1) is 26.7. The number of aromatic nitrogens is 4. The molecule has 1 saturated heterocycles. The minimum absolute atomic E-state index is 0.00283. The number of rotatable bonds is 1. The van der Waals surface area contributed by atoms with Crippen LogP contribution in [-0.4, -0.2) is 105 Å². The normalized spacial score (nSPS) is 16.5. The molecule has 0 radical (unpaired) electrons. The minimum Gasteiger partial charge on any atom is -0.475 e. The molecule has 0 aromatic carbocycles. The number of likely N-dealkylation sites (tertiary alicyclic amines) is 1. The van der Waals surface area contributed by atoms with Crippen molar-refractivity contribution in [3.63, 3.8) is 0 Å². The summed E-state index contributed by atoms with van der Waals surface area (Å²) in [6.07, 6.45) is -0.593. The Morgan fingerprint density at radius 3 is 2.28 bits per heavy atom. The molecule has 0 saturated carbocycles. The summed E-state index contributed by atoms with van der Waals surface area (Å²) in [7, 11) is 4.89. The molecule has 36 heavy (non-hydrogen) atoms. The summed E-state index contributed by atoms with van der Waals surface area (Å²) < 4.78 is 38.9. The first-order valence-corrected chi connectivity index (χ1v) is 10.8. The third kappa shape index (κ3) is 5.49. The van der Waals surface area contributed by atoms with Crippen molar-refractivity contribution in [3.8, 4) is 11.4 Å². The van der Waals surface area contributed by atoms with E-state index in [1.165, 1.54) is 7.11 Å². The number of fused-ring (bicyclic) bond motifs is 2. The number of ether oxygens (including phenoxy) is 1. The zero-order valence-electron chi connectivity index (χ0n) is 19.9. The van der Waals surface area contributed by atoms with E-state index in [0.717, 1.165) is 11.4 Å². The van der Waals surface area contributed by atoms with Crippen LogP contribution in [0, 0.1) is 0 Å². The zero-order chi connectivity index (χ0) is 26.7. The van der Waals surface area contributed by atoms with Gasteiger partial charge in [0.2, 0.25) is 0 Å². The van der Waals surface area contributed by atoms with Crippen LogP contribution >= 0.6 is 0 Å². The van der Waals surface area contributed by atoms with Crippen molar-refractivity contribution in [2.24, 2.45) is 0 Å². The maximum atomic E-state index is 12.4. The van der Waals surface area contributed by atoms with Crippen molar-refractivity contribution >= 4 is 18.1 Å². The Balaban J connectivity index is 0.000000454. The molecule has 12 nitrogen and oxygen atoms in total. The predicted molar refractivity (Wildman–Crippen MR) is 118 cm³/mol. The molecular formula is C21H26F3N7O5. The minimum atomic E-state index is -5.08. The van der Waals surface area contributed by atoms with Crippen molar-refractivity contribution in [3.05, 3.63) is 30.4 Å². The van der Waals surface area contributed by atoms with Crippen molar-refractivity contribution in [2.75, 3.05) is 40.8 Å². The van der Waals surface area contributed by atoms with E-state index < -0.39 is 17.7 Å². The van der Waals surface area contributed by atoms with Crippen molar-refractivity contribution < 1.29 is 37.4 Å². The molecule has 4 rings (SSSR count). The Labute approximate surface area is 204 Å². The van der Waals surface area contributed by atoms with Gasteiger partial charge in [-0.25, -0.2) is 14.4 Å². The van der Waals surface area contributed by atoms with Crippen LogP contribution in [0.3, 0.4) is 0 Å². The number of aliphatic carboxylic acids is 1. The summed E-state index contributed by atoms with van der Waals surface area (Å²) in [5.41, 5.74) is 0.475. The number of alkyl halides is 3. The number of carboxylic acid groups (broad SMARTS) is 1. The van der Waals surface area contributed by atoms with Gasteiger partial charge >= 0.3 is 24.3 Å². The largest absolute Gasteiger partial charge is 0.490 e. The van der Waals surface area contributed by atoms with Crippen LogP contribution < -0.4 is 0 Å². The topological polar surface area (TPSA) is 134 Å². The average Bonchev–Trinajstić information content (AvgIpc) is 3.29. The van der Waals surface area contributed by atoms with E-state index in [9.17, 15) is 22.8 Å². The number of carbonyl (C=O) groups excluding carboxylic acids is 2. The SMILES string of the molecule is COC(=O)N1Cc2nnc(-c3cccnc3)n2C2(CCN(C(=O)N(C)C)CC2)C1.O=C(O)C(F)(F)F. The molecule has 0 unspecified atom stereocenters. The van der Waals surface area contributed by atoms with Gasteiger partial charge in [-0.1, -0.05) is 0 Å². The highest BCUT2D eigenvalue weighted by atomic mass is 19.4. The summed E-state index contributed by atoms with van der Waals surface area (Å²) in [5, 5.41) is 15.9. The van der Waals surface area contributed by atoms with Crippen LogP contribution in [0.4, 0.5) is 22.8 Å². The Hall–Kier alpha value is -3.91. The molecule has 0 bridgehead atoms. The molecule has 2 aliphatic heterocycles. The highest BCUT2D eigenvalue weighted by molar-refractivity contribution is 5.74. The van der Waals surface area contributed by atoms with Crippen LogP contribution in [0.5, 0.6) is 0 Å². The number of hydrogen-bond acceptors (Lipinski definition) is 7. The van der Waals surface area contributed by atoms with Crippen LogP contribution in [0.15, 0.2) is 24.5 Å². The summed E-state index contributed by atoms with van der Waals surface area (Å²) in [5.74, 6) is -1.30. The number of hydrogen-bond donors (Lipinski definition) is 1. The van der Waals surface area contributed by atoms with Crippen LogP contribution in [0.25, 0.3) is 11.4 Å². The Morgan fingerprint density at radius 1 is 1.14 bits per heavy atom. The average molecular weight is 513 g/mol. The molecule has 4 heterocycles. The highest BCUT2D eigenvalue weighted by Crippen LogP contribution is 2.39. The summed E-state index contributed by atoms with van der Waals surface area (Å²) in [6.45, 7) is 2.01. The molecule has 0 aliphatic carbocycles. The molecule has 2 aromatic heterocycles. The summed E-state index contributed by atoms with van der Waals surface area (Å²) >= 11 is 0. The van der Waals surface area contributed by atoms with Crippen molar-refractivity contribution in [1.82, 2.24) is 34.4 Å². The molecule has 15 heteroatoms. The molecule has 1 N–H and O–H groups in total. The van der Waals surface area contributed by atoms with Gasteiger partial charge in [-0.05, 0) is 25.0 Å². The number of piperidine rings is 1. The third-order valence-electron chi connectivity index (χ3n) is 5.96. The predicted octanol–water partition coefficient (Wildman–Crippen LogP) is 2.03. The highest BCUT2D eigenvalue weighted by Gasteiger charge is 2.46. The lowest BCUT2D eigenvalue weighted by Gasteiger charge is -2.48. The number of nitrogens with zero attached hydrogens (tertiary/aromatic N) is 7. The summed E-state index contributed by atoms with van der Waals surface area (Å²) in [4.78, 5) is 42.9. The molecule has 2 aliphatic rings. The van der Waals surface area contributed by atoms with Gasteiger partial charge in [0.15, 0.2) is 11.6 Å². The lowest BCUT2D eigenvalue weighted by atomic mass is 9.84. The number of carboxylic acids is 1. The van der Waals surface area contributed by atoms with Gasteiger partial charge in [0.25, 0.3) is 0 Å². The van der Waals surface area contributed by atoms with Gasteiger partial charge in [0, 0.05) is 51.7 Å². The van der Waals surface area contributed by atoms with Gasteiger partial charge in [0.05, 0.1) is 19.2 Å². The molecule has 3 amide bonds. The lowest BCUT2D eigenvalue weighted by Crippen LogP contribution is -2.58. The van der Waals surface area contributed by atoms with Gasteiger partial charge in [0.1, 0.15) is 0 Å². The lowest BCUT2D eigenvalue weighted by molar-refractivity contribution is -0.192. The first-order valence-electron chi connectivity index (χ1n) is 10.8. The number of methoxy groups -OCH3 is 1. The Kier molecular flexibility index (Phi) is 7.69. The van der Waals surface area contributed by atoms with Gasteiger partial charge < -0.3 is 24.2 Å². The fourth-order valence-electron chi connectivity index (χ4n) is 4.29. The van der Waals surface area contributed by atoms with E-state index in [0.29, 0.717) is 44.8 Å². The second-order valence-electron chi connectivity index (χ2n) is 8.53. The number of urea groups is 1. The van der Waals surface area contributed by atoms with E-state index in [2.05, 4.69) is 19.7 Å². The van der Waals surface area contributed by atoms with Gasteiger partial charge in [-0.2, -0.15) is 13.2 Å². The molecule has 2 aromatic rings. The van der Waals surface area contributed by atoms with E-state index in [-0.39, 0.29) is 12.1 Å². The molecule has 1 fully saturated rings. The summed E-state index contributed by atoms with van der Waals surface area (Å²) in [6, 6.07) is 3.82. The Bertz CT molecular complexity index is 1100. The molecule has 1 spiro atoms. The number of pyridine rings is 1. The van der Waals surface area contributed by atoms with Crippen LogP contribution in [0.2, 0.25) is 0 Å². The first-order chi connectivity index (χ1) is 16.9. The fourth-order valence-corrected chi connectivity index (χ4v) is 4.29. The number of halogens is 3. The van der Waals surface area contributed by atoms with E-state index >= 15 is 0 Å². The second kappa shape index (κ2) is 10.4.